The Morgan fingerprint density at radius 2 is 1.55 bits per heavy atom. The second kappa shape index (κ2) is 4.81. The van der Waals surface area contributed by atoms with Gasteiger partial charge in [0.1, 0.15) is 5.82 Å². The Bertz CT molecular complexity index is 660. The fourth-order valence-electron chi connectivity index (χ4n) is 2.04. The van der Waals surface area contributed by atoms with E-state index in [0.717, 1.165) is 12.1 Å². The molecule has 0 radical (unpaired) electrons. The van der Waals surface area contributed by atoms with Crippen molar-refractivity contribution in [2.45, 2.75) is 20.0 Å². The molecule has 2 rings (SSSR count). The Morgan fingerprint density at radius 1 is 0.900 bits per heavy atom. The molecule has 2 N–H and O–H groups in total. The molecule has 0 spiro atoms. The van der Waals surface area contributed by atoms with E-state index < -0.39 is 17.6 Å². The van der Waals surface area contributed by atoms with Crippen molar-refractivity contribution < 1.29 is 17.6 Å². The van der Waals surface area contributed by atoms with Crippen LogP contribution in [0.3, 0.4) is 0 Å². The fourth-order valence-corrected chi connectivity index (χ4v) is 2.04. The number of halogens is 4. The van der Waals surface area contributed by atoms with E-state index in [1.54, 1.807) is 6.92 Å². The summed E-state index contributed by atoms with van der Waals surface area (Å²) in [4.78, 5) is 0. The molecule has 0 atom stereocenters. The van der Waals surface area contributed by atoms with Crippen LogP contribution in [0.2, 0.25) is 0 Å². The number of hydrogen-bond donors (Lipinski definition) is 1. The van der Waals surface area contributed by atoms with Crippen LogP contribution in [0.1, 0.15) is 16.7 Å². The Kier molecular flexibility index (Phi) is 3.46. The van der Waals surface area contributed by atoms with Crippen LogP contribution in [0, 0.1) is 19.7 Å². The highest BCUT2D eigenvalue weighted by Gasteiger charge is 2.30. The van der Waals surface area contributed by atoms with Crippen LogP contribution in [0.25, 0.3) is 11.1 Å². The van der Waals surface area contributed by atoms with Crippen molar-refractivity contribution in [3.63, 3.8) is 0 Å². The van der Waals surface area contributed by atoms with Gasteiger partial charge in [0.05, 0.1) is 5.56 Å². The molecule has 2 aromatic rings. The van der Waals surface area contributed by atoms with Crippen LogP contribution >= 0.6 is 0 Å². The first kappa shape index (κ1) is 14.4. The molecule has 106 valence electrons. The summed E-state index contributed by atoms with van der Waals surface area (Å²) in [6.45, 7) is 3.18. The SMILES string of the molecule is Cc1cc(F)c(-c2ccc(C(F)(F)F)cc2C)cc1N. The number of alkyl halides is 3. The topological polar surface area (TPSA) is 26.0 Å². The lowest BCUT2D eigenvalue weighted by Gasteiger charge is -2.13. The monoisotopic (exact) mass is 283 g/mol. The first-order valence-corrected chi connectivity index (χ1v) is 5.94. The van der Waals surface area contributed by atoms with E-state index in [1.807, 2.05) is 0 Å². The van der Waals surface area contributed by atoms with E-state index in [-0.39, 0.29) is 5.56 Å². The molecule has 0 unspecified atom stereocenters. The molecule has 0 saturated heterocycles. The van der Waals surface area contributed by atoms with Gasteiger partial charge in [-0.05, 0) is 54.8 Å². The number of hydrogen-bond acceptors (Lipinski definition) is 1. The summed E-state index contributed by atoms with van der Waals surface area (Å²) in [5.41, 5.74) is 6.94. The van der Waals surface area contributed by atoms with Crippen LogP contribution in [-0.2, 0) is 6.18 Å². The Hall–Kier alpha value is -2.04. The number of rotatable bonds is 1. The quantitative estimate of drug-likeness (QED) is 0.595. The number of anilines is 1. The molecule has 0 aliphatic rings. The van der Waals surface area contributed by atoms with Crippen molar-refractivity contribution in [2.75, 3.05) is 5.73 Å². The van der Waals surface area contributed by atoms with Gasteiger partial charge in [0.2, 0.25) is 0 Å². The lowest BCUT2D eigenvalue weighted by atomic mass is 9.96. The maximum Gasteiger partial charge on any atom is 0.416 e. The van der Waals surface area contributed by atoms with Gasteiger partial charge in [0, 0.05) is 11.3 Å². The predicted molar refractivity (Wildman–Crippen MR) is 70.7 cm³/mol. The normalized spacial score (nSPS) is 11.7. The zero-order chi connectivity index (χ0) is 15.1. The van der Waals surface area contributed by atoms with E-state index in [2.05, 4.69) is 0 Å². The minimum atomic E-state index is -4.41. The van der Waals surface area contributed by atoms with E-state index in [0.29, 0.717) is 22.4 Å². The highest BCUT2D eigenvalue weighted by atomic mass is 19.4. The lowest BCUT2D eigenvalue weighted by molar-refractivity contribution is -0.137. The molecule has 0 aliphatic carbocycles. The largest absolute Gasteiger partial charge is 0.416 e. The zero-order valence-corrected chi connectivity index (χ0v) is 11.0. The third kappa shape index (κ3) is 2.61. The summed E-state index contributed by atoms with van der Waals surface area (Å²) >= 11 is 0. The van der Waals surface area contributed by atoms with Crippen molar-refractivity contribution in [1.29, 1.82) is 0 Å². The zero-order valence-electron chi connectivity index (χ0n) is 11.0. The van der Waals surface area contributed by atoms with Crippen LogP contribution in [0.15, 0.2) is 30.3 Å². The van der Waals surface area contributed by atoms with Crippen molar-refractivity contribution >= 4 is 5.69 Å². The molecule has 1 nitrogen and oxygen atoms in total. The Morgan fingerprint density at radius 3 is 2.10 bits per heavy atom. The molecule has 0 fully saturated rings. The molecular weight excluding hydrogens is 270 g/mol. The molecule has 0 aliphatic heterocycles. The lowest BCUT2D eigenvalue weighted by Crippen LogP contribution is -2.05. The molecule has 0 aromatic heterocycles. The number of benzene rings is 2. The highest BCUT2D eigenvalue weighted by molar-refractivity contribution is 5.72. The highest BCUT2D eigenvalue weighted by Crippen LogP contribution is 2.34. The average molecular weight is 283 g/mol. The number of aryl methyl sites for hydroxylation is 2. The second-order valence-electron chi connectivity index (χ2n) is 4.72. The third-order valence-corrected chi connectivity index (χ3v) is 3.20. The molecule has 0 amide bonds. The minimum absolute atomic E-state index is 0.208. The smallest absolute Gasteiger partial charge is 0.398 e. The van der Waals surface area contributed by atoms with Gasteiger partial charge in [-0.25, -0.2) is 4.39 Å². The Labute approximate surface area is 114 Å². The molecule has 0 bridgehead atoms. The minimum Gasteiger partial charge on any atom is -0.398 e. The molecule has 2 aromatic carbocycles. The van der Waals surface area contributed by atoms with Gasteiger partial charge >= 0.3 is 6.18 Å². The van der Waals surface area contributed by atoms with Crippen molar-refractivity contribution in [1.82, 2.24) is 0 Å². The predicted octanol–water partition coefficient (Wildman–Crippen LogP) is 4.71. The molecular formula is C15H13F4N. The fraction of sp³-hybridized carbons (Fsp3) is 0.200. The molecule has 20 heavy (non-hydrogen) atoms. The van der Waals surface area contributed by atoms with Crippen LogP contribution in [0.5, 0.6) is 0 Å². The number of nitrogen functional groups attached to an aromatic ring is 1. The molecule has 0 saturated carbocycles. The maximum atomic E-state index is 14.0. The molecule has 5 heteroatoms. The van der Waals surface area contributed by atoms with Crippen molar-refractivity contribution in [2.24, 2.45) is 0 Å². The molecule has 0 heterocycles. The van der Waals surface area contributed by atoms with Gasteiger partial charge in [-0.1, -0.05) is 6.07 Å². The summed E-state index contributed by atoms with van der Waals surface area (Å²) in [7, 11) is 0. The van der Waals surface area contributed by atoms with Crippen molar-refractivity contribution in [3.8, 4) is 11.1 Å². The van der Waals surface area contributed by atoms with E-state index in [4.69, 9.17) is 5.73 Å². The summed E-state index contributed by atoms with van der Waals surface area (Å²) in [6.07, 6.45) is -4.41. The van der Waals surface area contributed by atoms with Crippen LogP contribution in [-0.4, -0.2) is 0 Å². The average Bonchev–Trinajstić information content (AvgIpc) is 2.33. The summed E-state index contributed by atoms with van der Waals surface area (Å²) < 4.78 is 51.8. The first-order valence-electron chi connectivity index (χ1n) is 5.94. The van der Waals surface area contributed by atoms with Gasteiger partial charge in [-0.2, -0.15) is 13.2 Å². The van der Waals surface area contributed by atoms with E-state index in [1.165, 1.54) is 25.1 Å². The van der Waals surface area contributed by atoms with Crippen LogP contribution in [0.4, 0.5) is 23.2 Å². The second-order valence-corrected chi connectivity index (χ2v) is 4.72. The summed E-state index contributed by atoms with van der Waals surface area (Å²) in [5, 5.41) is 0. The number of nitrogens with two attached hydrogens (primary N) is 1. The summed E-state index contributed by atoms with van der Waals surface area (Å²) in [6, 6.07) is 5.94. The summed E-state index contributed by atoms with van der Waals surface area (Å²) in [5.74, 6) is -0.500. The van der Waals surface area contributed by atoms with Gasteiger partial charge in [-0.3, -0.25) is 0 Å². The maximum absolute atomic E-state index is 14.0. The van der Waals surface area contributed by atoms with Gasteiger partial charge in [-0.15, -0.1) is 0 Å². The van der Waals surface area contributed by atoms with Gasteiger partial charge in [0.25, 0.3) is 0 Å². The van der Waals surface area contributed by atoms with Gasteiger partial charge in [0.15, 0.2) is 0 Å². The van der Waals surface area contributed by atoms with Gasteiger partial charge < -0.3 is 5.73 Å². The first-order chi connectivity index (χ1) is 9.20. The van der Waals surface area contributed by atoms with Crippen molar-refractivity contribution in [3.05, 3.63) is 52.8 Å². The Balaban J connectivity index is 2.57. The van der Waals surface area contributed by atoms with E-state index >= 15 is 0 Å². The third-order valence-electron chi connectivity index (χ3n) is 3.20. The standard InChI is InChI=1S/C15H13F4N/c1-8-5-10(15(17,18)19)3-4-11(8)12-7-14(20)9(2)6-13(12)16/h3-7H,20H2,1-2H3. The van der Waals surface area contributed by atoms with Crippen LogP contribution < -0.4 is 5.73 Å². The van der Waals surface area contributed by atoms with E-state index in [9.17, 15) is 17.6 Å².